The maximum absolute atomic E-state index is 13.8. The van der Waals surface area contributed by atoms with Gasteiger partial charge in [0.2, 0.25) is 0 Å². The van der Waals surface area contributed by atoms with Crippen molar-refractivity contribution in [3.05, 3.63) is 29.2 Å². The van der Waals surface area contributed by atoms with Gasteiger partial charge in [-0.3, -0.25) is 0 Å². The van der Waals surface area contributed by atoms with Gasteiger partial charge in [-0.05, 0) is 31.7 Å². The predicted molar refractivity (Wildman–Crippen MR) is 111 cm³/mol. The highest BCUT2D eigenvalue weighted by atomic mass is 19.3. The molecule has 0 radical (unpaired) electrons. The highest BCUT2D eigenvalue weighted by Gasteiger charge is 2.22. The summed E-state index contributed by atoms with van der Waals surface area (Å²) in [4.78, 5) is 15.6. The fourth-order valence-electron chi connectivity index (χ4n) is 3.10. The lowest BCUT2D eigenvalue weighted by Crippen LogP contribution is -2.20. The van der Waals surface area contributed by atoms with Gasteiger partial charge in [-0.1, -0.05) is 27.7 Å². The Kier molecular flexibility index (Phi) is 7.66. The fourth-order valence-corrected chi connectivity index (χ4v) is 3.10. The van der Waals surface area contributed by atoms with E-state index in [-0.39, 0.29) is 5.56 Å². The minimum absolute atomic E-state index is 0.0644. The predicted octanol–water partition coefficient (Wildman–Crippen LogP) is 5.27. The molecule has 0 amide bonds. The van der Waals surface area contributed by atoms with Crippen molar-refractivity contribution in [3.8, 4) is 11.3 Å². The van der Waals surface area contributed by atoms with Gasteiger partial charge in [-0.25, -0.2) is 23.7 Å². The van der Waals surface area contributed by atoms with Crippen LogP contribution in [0.1, 0.15) is 63.9 Å². The van der Waals surface area contributed by atoms with E-state index in [9.17, 15) is 8.78 Å². The number of rotatable bonds is 9. The molecule has 154 valence electrons. The van der Waals surface area contributed by atoms with Gasteiger partial charge in [0.15, 0.2) is 0 Å². The molecule has 0 fully saturated rings. The maximum atomic E-state index is 13.8. The summed E-state index contributed by atoms with van der Waals surface area (Å²) in [6.45, 7) is 8.22. The van der Waals surface area contributed by atoms with Gasteiger partial charge in [-0.2, -0.15) is 0 Å². The quantitative estimate of drug-likeness (QED) is 0.631. The molecule has 2 aromatic heterocycles. The van der Waals surface area contributed by atoms with Crippen LogP contribution in [0.25, 0.3) is 11.3 Å². The molecule has 0 spiro atoms. The Morgan fingerprint density at radius 2 is 1.64 bits per heavy atom. The molecule has 2 rings (SSSR count). The number of aromatic nitrogens is 3. The van der Waals surface area contributed by atoms with Crippen molar-refractivity contribution in [1.29, 1.82) is 0 Å². The molecule has 0 unspecified atom stereocenters. The first-order chi connectivity index (χ1) is 13.4. The van der Waals surface area contributed by atoms with Crippen molar-refractivity contribution in [2.75, 3.05) is 24.3 Å². The normalized spacial score (nSPS) is 11.4. The first kappa shape index (κ1) is 22.0. The van der Waals surface area contributed by atoms with Crippen LogP contribution in [-0.2, 0) is 12.8 Å². The van der Waals surface area contributed by atoms with Gasteiger partial charge in [-0.15, -0.1) is 0 Å². The zero-order valence-electron chi connectivity index (χ0n) is 17.7. The molecule has 0 aliphatic rings. The second-order valence-corrected chi connectivity index (χ2v) is 7.00. The molecule has 7 heteroatoms. The summed E-state index contributed by atoms with van der Waals surface area (Å²) in [5, 5.41) is 3.47. The van der Waals surface area contributed by atoms with Crippen molar-refractivity contribution in [2.24, 2.45) is 0 Å². The van der Waals surface area contributed by atoms with E-state index in [2.05, 4.69) is 24.1 Å². The van der Waals surface area contributed by atoms with Crippen LogP contribution in [0.5, 0.6) is 0 Å². The van der Waals surface area contributed by atoms with Gasteiger partial charge < -0.3 is 10.2 Å². The van der Waals surface area contributed by atoms with Crippen molar-refractivity contribution in [1.82, 2.24) is 15.0 Å². The Morgan fingerprint density at radius 1 is 1.00 bits per heavy atom. The van der Waals surface area contributed by atoms with E-state index in [0.29, 0.717) is 41.7 Å². The van der Waals surface area contributed by atoms with Crippen molar-refractivity contribution >= 4 is 11.6 Å². The van der Waals surface area contributed by atoms with Crippen molar-refractivity contribution in [3.63, 3.8) is 0 Å². The minimum atomic E-state index is -2.62. The molecular weight excluding hydrogens is 360 g/mol. The van der Waals surface area contributed by atoms with E-state index < -0.39 is 6.43 Å². The van der Waals surface area contributed by atoms with E-state index in [4.69, 9.17) is 9.97 Å². The number of nitrogens with zero attached hydrogens (tertiary/aromatic N) is 4. The van der Waals surface area contributed by atoms with Crippen LogP contribution in [0, 0.1) is 0 Å². The Hall–Kier alpha value is -2.31. The molecule has 2 heterocycles. The van der Waals surface area contributed by atoms with Crippen LogP contribution in [0.15, 0.2) is 12.3 Å². The SMILES string of the molecule is CCc1nc(-c2cnc(N(C)C)cc2C(F)F)c(CC)nc1NC(CC)CC. The summed E-state index contributed by atoms with van der Waals surface area (Å²) >= 11 is 0. The first-order valence-corrected chi connectivity index (χ1v) is 9.98. The van der Waals surface area contributed by atoms with Gasteiger partial charge in [0.25, 0.3) is 6.43 Å². The van der Waals surface area contributed by atoms with Crippen LogP contribution in [-0.4, -0.2) is 35.1 Å². The van der Waals surface area contributed by atoms with Crippen LogP contribution >= 0.6 is 0 Å². The molecule has 0 saturated heterocycles. The van der Waals surface area contributed by atoms with E-state index in [0.717, 1.165) is 24.4 Å². The second kappa shape index (κ2) is 9.75. The molecule has 0 saturated carbocycles. The van der Waals surface area contributed by atoms with E-state index >= 15 is 0 Å². The minimum Gasteiger partial charge on any atom is -0.366 e. The smallest absolute Gasteiger partial charge is 0.264 e. The zero-order valence-corrected chi connectivity index (χ0v) is 17.7. The van der Waals surface area contributed by atoms with Crippen molar-refractivity contribution < 1.29 is 8.78 Å². The monoisotopic (exact) mass is 391 g/mol. The lowest BCUT2D eigenvalue weighted by Gasteiger charge is -2.21. The number of pyridine rings is 1. The molecule has 28 heavy (non-hydrogen) atoms. The molecule has 0 aromatic carbocycles. The average molecular weight is 392 g/mol. The Labute approximate surface area is 166 Å². The van der Waals surface area contributed by atoms with Gasteiger partial charge >= 0.3 is 0 Å². The lowest BCUT2D eigenvalue weighted by molar-refractivity contribution is 0.152. The second-order valence-electron chi connectivity index (χ2n) is 7.00. The summed E-state index contributed by atoms with van der Waals surface area (Å²) < 4.78 is 27.6. The van der Waals surface area contributed by atoms with E-state index in [1.807, 2.05) is 13.8 Å². The molecule has 0 aliphatic heterocycles. The molecule has 0 bridgehead atoms. The number of halogens is 2. The van der Waals surface area contributed by atoms with Crippen LogP contribution in [0.3, 0.4) is 0 Å². The highest BCUT2D eigenvalue weighted by Crippen LogP contribution is 2.34. The van der Waals surface area contributed by atoms with Gasteiger partial charge in [0.1, 0.15) is 11.6 Å². The van der Waals surface area contributed by atoms with Gasteiger partial charge in [0, 0.05) is 37.5 Å². The van der Waals surface area contributed by atoms with Crippen LogP contribution in [0.4, 0.5) is 20.4 Å². The third-order valence-electron chi connectivity index (χ3n) is 4.91. The molecule has 0 atom stereocenters. The molecule has 2 aromatic rings. The van der Waals surface area contributed by atoms with Crippen LogP contribution < -0.4 is 10.2 Å². The number of aryl methyl sites for hydroxylation is 2. The zero-order chi connectivity index (χ0) is 20.8. The van der Waals surface area contributed by atoms with Gasteiger partial charge in [0.05, 0.1) is 17.1 Å². The summed E-state index contributed by atoms with van der Waals surface area (Å²) in [6.07, 6.45) is 2.11. The standard InChI is InChI=1S/C21H31F2N5/c1-7-13(8-2)25-21-17(10-4)26-19(16(9-3)27-21)15-12-24-18(28(5)6)11-14(15)20(22)23/h11-13,20H,7-10H2,1-6H3,(H,25,27). The number of hydrogen-bond acceptors (Lipinski definition) is 5. The largest absolute Gasteiger partial charge is 0.366 e. The van der Waals surface area contributed by atoms with Crippen LogP contribution in [0.2, 0.25) is 0 Å². The Morgan fingerprint density at radius 3 is 2.14 bits per heavy atom. The fraction of sp³-hybridized carbons (Fsp3) is 0.571. The summed E-state index contributed by atoms with van der Waals surface area (Å²) in [5.41, 5.74) is 2.28. The molecular formula is C21H31F2N5. The van der Waals surface area contributed by atoms with E-state index in [1.165, 1.54) is 12.3 Å². The number of hydrogen-bond donors (Lipinski definition) is 1. The third-order valence-corrected chi connectivity index (χ3v) is 4.91. The van der Waals surface area contributed by atoms with Crippen molar-refractivity contribution in [2.45, 2.75) is 65.8 Å². The topological polar surface area (TPSA) is 53.9 Å². The molecule has 5 nitrogen and oxygen atoms in total. The molecule has 1 N–H and O–H groups in total. The Balaban J connectivity index is 2.62. The number of nitrogens with one attached hydrogen (secondary N) is 1. The number of anilines is 2. The third kappa shape index (κ3) is 4.75. The average Bonchev–Trinajstić information content (AvgIpc) is 2.70. The summed E-state index contributed by atoms with van der Waals surface area (Å²) in [6, 6.07) is 1.75. The number of alkyl halides is 2. The first-order valence-electron chi connectivity index (χ1n) is 9.98. The summed E-state index contributed by atoms with van der Waals surface area (Å²) in [7, 11) is 3.56. The van der Waals surface area contributed by atoms with E-state index in [1.54, 1.807) is 19.0 Å². The summed E-state index contributed by atoms with van der Waals surface area (Å²) in [5.74, 6) is 1.25. The maximum Gasteiger partial charge on any atom is 0.264 e. The molecule has 0 aliphatic carbocycles. The Bertz CT molecular complexity index is 789. The highest BCUT2D eigenvalue weighted by molar-refractivity contribution is 5.69. The lowest BCUT2D eigenvalue weighted by atomic mass is 10.0.